The third-order valence-electron chi connectivity index (χ3n) is 3.12. The van der Waals surface area contributed by atoms with Gasteiger partial charge in [0.1, 0.15) is 5.82 Å². The minimum absolute atomic E-state index is 0.0363. The molecular formula is C16H16FN3O3. The van der Waals surface area contributed by atoms with Crippen molar-refractivity contribution in [2.75, 3.05) is 17.2 Å². The van der Waals surface area contributed by atoms with Crippen molar-refractivity contribution in [1.82, 2.24) is 0 Å². The molecule has 0 atom stereocenters. The Morgan fingerprint density at radius 3 is 2.26 bits per heavy atom. The number of carbonyl (C=O) groups is 1. The Morgan fingerprint density at radius 2 is 1.65 bits per heavy atom. The quantitative estimate of drug-likeness (QED) is 0.464. The molecule has 0 fully saturated rings. The molecule has 0 aliphatic carbocycles. The van der Waals surface area contributed by atoms with E-state index in [4.69, 9.17) is 0 Å². The molecule has 0 saturated heterocycles. The first-order valence-electron chi connectivity index (χ1n) is 7.08. The van der Waals surface area contributed by atoms with Crippen LogP contribution in [0.3, 0.4) is 0 Å². The van der Waals surface area contributed by atoms with Gasteiger partial charge < -0.3 is 10.6 Å². The lowest BCUT2D eigenvalue weighted by molar-refractivity contribution is -0.384. The van der Waals surface area contributed by atoms with Crippen molar-refractivity contribution in [3.8, 4) is 0 Å². The van der Waals surface area contributed by atoms with E-state index in [0.29, 0.717) is 25.1 Å². The topological polar surface area (TPSA) is 84.3 Å². The van der Waals surface area contributed by atoms with Crippen LogP contribution in [0.4, 0.5) is 21.5 Å². The molecular weight excluding hydrogens is 301 g/mol. The molecule has 7 heteroatoms. The zero-order chi connectivity index (χ0) is 16.7. The van der Waals surface area contributed by atoms with Crippen LogP contribution in [0.1, 0.15) is 12.8 Å². The highest BCUT2D eigenvalue weighted by atomic mass is 19.1. The molecule has 0 saturated carbocycles. The predicted octanol–water partition coefficient (Wildman–Crippen LogP) is 3.56. The Hall–Kier alpha value is -2.96. The summed E-state index contributed by atoms with van der Waals surface area (Å²) in [6.07, 6.45) is 0.918. The second-order valence-corrected chi connectivity index (χ2v) is 4.89. The molecule has 0 radical (unpaired) electrons. The molecule has 0 heterocycles. The predicted molar refractivity (Wildman–Crippen MR) is 85.8 cm³/mol. The van der Waals surface area contributed by atoms with Crippen molar-refractivity contribution in [2.45, 2.75) is 12.8 Å². The normalized spacial score (nSPS) is 10.1. The van der Waals surface area contributed by atoms with E-state index in [-0.39, 0.29) is 17.4 Å². The molecule has 2 aromatic rings. The molecule has 2 aromatic carbocycles. The lowest BCUT2D eigenvalue weighted by Gasteiger charge is -2.07. The second kappa shape index (κ2) is 7.88. The van der Waals surface area contributed by atoms with Gasteiger partial charge in [-0.25, -0.2) is 4.39 Å². The van der Waals surface area contributed by atoms with E-state index < -0.39 is 4.92 Å². The molecule has 1 amide bonds. The summed E-state index contributed by atoms with van der Waals surface area (Å²) in [5.41, 5.74) is 1.35. The molecule has 2 rings (SSSR count). The van der Waals surface area contributed by atoms with Crippen LogP contribution in [-0.2, 0) is 4.79 Å². The van der Waals surface area contributed by atoms with Crippen LogP contribution >= 0.6 is 0 Å². The number of carbonyl (C=O) groups excluding carboxylic acids is 1. The van der Waals surface area contributed by atoms with Crippen LogP contribution in [0.5, 0.6) is 0 Å². The van der Waals surface area contributed by atoms with E-state index in [1.807, 2.05) is 0 Å². The maximum Gasteiger partial charge on any atom is 0.269 e. The van der Waals surface area contributed by atoms with Crippen molar-refractivity contribution in [1.29, 1.82) is 0 Å². The number of halogens is 1. The zero-order valence-corrected chi connectivity index (χ0v) is 12.3. The van der Waals surface area contributed by atoms with Gasteiger partial charge in [0.15, 0.2) is 0 Å². The van der Waals surface area contributed by atoms with Gasteiger partial charge in [0.2, 0.25) is 5.91 Å². The minimum atomic E-state index is -0.455. The fourth-order valence-corrected chi connectivity index (χ4v) is 1.94. The first-order valence-corrected chi connectivity index (χ1v) is 7.08. The van der Waals surface area contributed by atoms with Gasteiger partial charge >= 0.3 is 0 Å². The Bertz CT molecular complexity index is 672. The first kappa shape index (κ1) is 16.4. The van der Waals surface area contributed by atoms with Crippen molar-refractivity contribution >= 4 is 23.0 Å². The van der Waals surface area contributed by atoms with E-state index >= 15 is 0 Å². The largest absolute Gasteiger partial charge is 0.385 e. The monoisotopic (exact) mass is 317 g/mol. The molecule has 2 N–H and O–H groups in total. The average Bonchev–Trinajstić information content (AvgIpc) is 2.54. The molecule has 120 valence electrons. The highest BCUT2D eigenvalue weighted by Gasteiger charge is 2.04. The van der Waals surface area contributed by atoms with Crippen molar-refractivity contribution in [3.05, 3.63) is 64.5 Å². The number of hydrogen-bond donors (Lipinski definition) is 2. The number of nitrogens with zero attached hydrogens (tertiary/aromatic N) is 1. The number of benzene rings is 2. The third kappa shape index (κ3) is 5.39. The van der Waals surface area contributed by atoms with Gasteiger partial charge in [-0.05, 0) is 42.8 Å². The maximum absolute atomic E-state index is 12.7. The van der Waals surface area contributed by atoms with Gasteiger partial charge in [-0.1, -0.05) is 0 Å². The van der Waals surface area contributed by atoms with Crippen LogP contribution in [0.15, 0.2) is 48.5 Å². The van der Waals surface area contributed by atoms with E-state index in [9.17, 15) is 19.3 Å². The second-order valence-electron chi connectivity index (χ2n) is 4.89. The van der Waals surface area contributed by atoms with E-state index in [0.717, 1.165) is 5.69 Å². The summed E-state index contributed by atoms with van der Waals surface area (Å²) in [6.45, 7) is 0.564. The molecule has 0 unspecified atom stereocenters. The van der Waals surface area contributed by atoms with Gasteiger partial charge in [-0.15, -0.1) is 0 Å². The molecule has 0 bridgehead atoms. The number of nitro groups is 1. The summed E-state index contributed by atoms with van der Waals surface area (Å²) in [5, 5.41) is 16.3. The molecule has 0 spiro atoms. The van der Waals surface area contributed by atoms with Crippen LogP contribution in [0.25, 0.3) is 0 Å². The smallest absolute Gasteiger partial charge is 0.269 e. The van der Waals surface area contributed by atoms with Gasteiger partial charge in [-0.3, -0.25) is 14.9 Å². The van der Waals surface area contributed by atoms with Crippen molar-refractivity contribution < 1.29 is 14.1 Å². The number of rotatable bonds is 7. The Labute approximate surface area is 132 Å². The summed E-state index contributed by atoms with van der Waals surface area (Å²) < 4.78 is 12.7. The number of nitro benzene ring substituents is 1. The number of nitrogens with one attached hydrogen (secondary N) is 2. The molecule has 6 nitrogen and oxygen atoms in total. The van der Waals surface area contributed by atoms with E-state index in [1.165, 1.54) is 36.4 Å². The standard InChI is InChI=1S/C16H16FN3O3/c17-12-3-5-14(6-4-12)19-16(21)2-1-11-18-13-7-9-15(10-8-13)20(22)23/h3-10,18H,1-2,11H2,(H,19,21). The summed E-state index contributed by atoms with van der Waals surface area (Å²) in [6, 6.07) is 11.7. The fraction of sp³-hybridized carbons (Fsp3) is 0.188. The number of anilines is 2. The number of non-ortho nitro benzene ring substituents is 1. The Balaban J connectivity index is 1.69. The van der Waals surface area contributed by atoms with Crippen LogP contribution < -0.4 is 10.6 Å². The number of amides is 1. The first-order chi connectivity index (χ1) is 11.0. The Morgan fingerprint density at radius 1 is 1.04 bits per heavy atom. The fourth-order valence-electron chi connectivity index (χ4n) is 1.94. The average molecular weight is 317 g/mol. The Kier molecular flexibility index (Phi) is 5.62. The maximum atomic E-state index is 12.7. The minimum Gasteiger partial charge on any atom is -0.385 e. The molecule has 0 aromatic heterocycles. The lowest BCUT2D eigenvalue weighted by Crippen LogP contribution is -2.13. The van der Waals surface area contributed by atoms with Crippen LogP contribution in [-0.4, -0.2) is 17.4 Å². The highest BCUT2D eigenvalue weighted by molar-refractivity contribution is 5.90. The summed E-state index contributed by atoms with van der Waals surface area (Å²) >= 11 is 0. The summed E-state index contributed by atoms with van der Waals surface area (Å²) in [7, 11) is 0. The summed E-state index contributed by atoms with van der Waals surface area (Å²) in [5.74, 6) is -0.502. The lowest BCUT2D eigenvalue weighted by atomic mass is 10.2. The highest BCUT2D eigenvalue weighted by Crippen LogP contribution is 2.15. The van der Waals surface area contributed by atoms with E-state index in [2.05, 4.69) is 10.6 Å². The van der Waals surface area contributed by atoms with E-state index in [1.54, 1.807) is 12.1 Å². The van der Waals surface area contributed by atoms with Gasteiger partial charge in [0.05, 0.1) is 4.92 Å². The third-order valence-corrected chi connectivity index (χ3v) is 3.12. The van der Waals surface area contributed by atoms with Crippen molar-refractivity contribution in [2.24, 2.45) is 0 Å². The van der Waals surface area contributed by atoms with Crippen LogP contribution in [0, 0.1) is 15.9 Å². The van der Waals surface area contributed by atoms with Crippen molar-refractivity contribution in [3.63, 3.8) is 0 Å². The van der Waals surface area contributed by atoms with Crippen LogP contribution in [0.2, 0.25) is 0 Å². The molecule has 23 heavy (non-hydrogen) atoms. The SMILES string of the molecule is O=C(CCCNc1ccc([N+](=O)[O-])cc1)Nc1ccc(F)cc1. The number of hydrogen-bond acceptors (Lipinski definition) is 4. The van der Waals surface area contributed by atoms with Gasteiger partial charge in [0.25, 0.3) is 5.69 Å². The van der Waals surface area contributed by atoms with Gasteiger partial charge in [0, 0.05) is 36.5 Å². The zero-order valence-electron chi connectivity index (χ0n) is 12.3. The molecule has 0 aliphatic rings. The molecule has 0 aliphatic heterocycles. The van der Waals surface area contributed by atoms with Gasteiger partial charge in [-0.2, -0.15) is 0 Å². The summed E-state index contributed by atoms with van der Waals surface area (Å²) in [4.78, 5) is 21.8.